The number of carboxylic acid groups (broad SMARTS) is 1. The van der Waals surface area contributed by atoms with E-state index in [4.69, 9.17) is 16.3 Å². The average Bonchev–Trinajstić information content (AvgIpc) is 3.06. The van der Waals surface area contributed by atoms with Gasteiger partial charge in [-0.1, -0.05) is 60.1 Å². The van der Waals surface area contributed by atoms with Crippen molar-refractivity contribution in [2.45, 2.75) is 18.4 Å². The fraction of sp³-hybridized carbons (Fsp3) is 0.174. The van der Waals surface area contributed by atoms with Gasteiger partial charge in [-0.25, -0.2) is 4.79 Å². The standard InChI is InChI=1S/C23H19ClN2O4/c24-20-12-25-10-9-18(20)21(11-22(27)28)26-23(29)30-13-19-16-7-3-1-5-14(16)15-6-2-4-8-17(15)19/h1-10,12,19,21H,11,13H2,(H,26,29)(H,27,28)/t21-/m1/s1. The molecule has 6 nitrogen and oxygen atoms in total. The van der Waals surface area contributed by atoms with Crippen molar-refractivity contribution in [3.8, 4) is 11.1 Å². The number of carbonyl (C=O) groups is 2. The van der Waals surface area contributed by atoms with Crippen LogP contribution in [0.15, 0.2) is 67.0 Å². The van der Waals surface area contributed by atoms with Crippen LogP contribution in [0.1, 0.15) is 35.1 Å². The first-order chi connectivity index (χ1) is 14.5. The molecule has 0 unspecified atom stereocenters. The Balaban J connectivity index is 1.49. The number of rotatable bonds is 6. The van der Waals surface area contributed by atoms with Crippen LogP contribution in [0.2, 0.25) is 5.02 Å². The first kappa shape index (κ1) is 19.9. The van der Waals surface area contributed by atoms with Crippen LogP contribution in [0.25, 0.3) is 11.1 Å². The van der Waals surface area contributed by atoms with E-state index in [1.165, 1.54) is 12.4 Å². The van der Waals surface area contributed by atoms with Gasteiger partial charge in [0.2, 0.25) is 0 Å². The largest absolute Gasteiger partial charge is 0.481 e. The van der Waals surface area contributed by atoms with Gasteiger partial charge in [-0.05, 0) is 33.9 Å². The van der Waals surface area contributed by atoms with Crippen molar-refractivity contribution in [2.75, 3.05) is 6.61 Å². The maximum absolute atomic E-state index is 12.5. The number of nitrogens with one attached hydrogen (secondary N) is 1. The lowest BCUT2D eigenvalue weighted by molar-refractivity contribution is -0.137. The molecule has 30 heavy (non-hydrogen) atoms. The number of aliphatic carboxylic acids is 1. The molecule has 7 heteroatoms. The summed E-state index contributed by atoms with van der Waals surface area (Å²) in [6.07, 6.45) is 1.88. The van der Waals surface area contributed by atoms with Gasteiger partial charge < -0.3 is 15.2 Å². The molecule has 1 aromatic heterocycles. The molecule has 1 aliphatic rings. The number of carbonyl (C=O) groups excluding carboxylic acids is 1. The van der Waals surface area contributed by atoms with Gasteiger partial charge >= 0.3 is 12.1 Å². The van der Waals surface area contributed by atoms with E-state index in [-0.39, 0.29) is 24.0 Å². The minimum Gasteiger partial charge on any atom is -0.481 e. The fourth-order valence-corrected chi connectivity index (χ4v) is 4.12. The summed E-state index contributed by atoms with van der Waals surface area (Å²) in [6.45, 7) is 0.143. The van der Waals surface area contributed by atoms with Crippen LogP contribution in [0.4, 0.5) is 4.79 Å². The van der Waals surface area contributed by atoms with E-state index >= 15 is 0 Å². The molecule has 0 bridgehead atoms. The van der Waals surface area contributed by atoms with Crippen LogP contribution >= 0.6 is 11.6 Å². The van der Waals surface area contributed by atoms with Crippen molar-refractivity contribution in [1.82, 2.24) is 10.3 Å². The van der Waals surface area contributed by atoms with E-state index in [2.05, 4.69) is 22.4 Å². The Kier molecular flexibility index (Phi) is 5.68. The van der Waals surface area contributed by atoms with Gasteiger partial charge in [0.1, 0.15) is 6.61 Å². The predicted octanol–water partition coefficient (Wildman–Crippen LogP) is 4.79. The minimum atomic E-state index is -1.06. The third-order valence-electron chi connectivity index (χ3n) is 5.19. The molecule has 0 saturated heterocycles. The Morgan fingerprint density at radius 1 is 1.07 bits per heavy atom. The maximum Gasteiger partial charge on any atom is 0.407 e. The summed E-state index contributed by atoms with van der Waals surface area (Å²) >= 11 is 6.13. The SMILES string of the molecule is O=C(O)C[C@@H](NC(=O)OCC1c2ccccc2-c2ccccc21)c1ccncc1Cl. The zero-order chi connectivity index (χ0) is 21.1. The van der Waals surface area contributed by atoms with E-state index in [9.17, 15) is 14.7 Å². The molecule has 1 aliphatic carbocycles. The van der Waals surface area contributed by atoms with E-state index in [1.807, 2.05) is 36.4 Å². The first-order valence-electron chi connectivity index (χ1n) is 9.47. The van der Waals surface area contributed by atoms with Gasteiger partial charge in [0.05, 0.1) is 17.5 Å². The number of aromatic nitrogens is 1. The van der Waals surface area contributed by atoms with Crippen LogP contribution < -0.4 is 5.32 Å². The highest BCUT2D eigenvalue weighted by Crippen LogP contribution is 2.44. The predicted molar refractivity (Wildman–Crippen MR) is 112 cm³/mol. The molecule has 0 saturated carbocycles. The van der Waals surface area contributed by atoms with E-state index in [1.54, 1.807) is 6.07 Å². The Hall–Kier alpha value is -3.38. The van der Waals surface area contributed by atoms with Crippen molar-refractivity contribution >= 4 is 23.7 Å². The number of hydrogen-bond acceptors (Lipinski definition) is 4. The Labute approximate surface area is 178 Å². The second-order valence-corrected chi connectivity index (χ2v) is 7.42. The van der Waals surface area contributed by atoms with Gasteiger partial charge in [-0.3, -0.25) is 9.78 Å². The van der Waals surface area contributed by atoms with Gasteiger partial charge in [0.15, 0.2) is 0 Å². The monoisotopic (exact) mass is 422 g/mol. The number of pyridine rings is 1. The number of carboxylic acids is 1. The molecule has 4 rings (SSSR count). The van der Waals surface area contributed by atoms with Crippen molar-refractivity contribution in [2.24, 2.45) is 0 Å². The molecule has 2 N–H and O–H groups in total. The molecule has 0 spiro atoms. The number of alkyl carbamates (subject to hydrolysis) is 1. The molecule has 0 fully saturated rings. The van der Waals surface area contributed by atoms with Gasteiger partial charge in [0, 0.05) is 18.3 Å². The Morgan fingerprint density at radius 3 is 2.30 bits per heavy atom. The maximum atomic E-state index is 12.5. The third-order valence-corrected chi connectivity index (χ3v) is 5.51. The molecule has 1 heterocycles. The second-order valence-electron chi connectivity index (χ2n) is 7.02. The van der Waals surface area contributed by atoms with Gasteiger partial charge in [-0.2, -0.15) is 0 Å². The lowest BCUT2D eigenvalue weighted by atomic mass is 9.98. The van der Waals surface area contributed by atoms with Crippen LogP contribution in [-0.4, -0.2) is 28.8 Å². The quantitative estimate of drug-likeness (QED) is 0.596. The second kappa shape index (κ2) is 8.55. The van der Waals surface area contributed by atoms with Crippen molar-refractivity contribution in [1.29, 1.82) is 0 Å². The Morgan fingerprint density at radius 2 is 1.70 bits per heavy atom. The van der Waals surface area contributed by atoms with Crippen LogP contribution in [0.5, 0.6) is 0 Å². The van der Waals surface area contributed by atoms with Crippen LogP contribution in [0.3, 0.4) is 0 Å². The number of nitrogens with zero attached hydrogens (tertiary/aromatic N) is 1. The average molecular weight is 423 g/mol. The van der Waals surface area contributed by atoms with E-state index in [0.29, 0.717) is 5.56 Å². The van der Waals surface area contributed by atoms with E-state index in [0.717, 1.165) is 22.3 Å². The summed E-state index contributed by atoms with van der Waals surface area (Å²) in [6, 6.07) is 16.8. The van der Waals surface area contributed by atoms with E-state index < -0.39 is 18.1 Å². The van der Waals surface area contributed by atoms with Crippen molar-refractivity contribution in [3.05, 3.63) is 88.7 Å². The molecular formula is C23H19ClN2O4. The molecule has 152 valence electrons. The molecule has 2 aromatic carbocycles. The molecular weight excluding hydrogens is 404 g/mol. The van der Waals surface area contributed by atoms with Crippen LogP contribution in [0, 0.1) is 0 Å². The number of benzene rings is 2. The first-order valence-corrected chi connectivity index (χ1v) is 9.85. The highest BCUT2D eigenvalue weighted by atomic mass is 35.5. The number of fused-ring (bicyclic) bond motifs is 3. The summed E-state index contributed by atoms with van der Waals surface area (Å²) < 4.78 is 5.51. The molecule has 1 atom stereocenters. The summed E-state index contributed by atoms with van der Waals surface area (Å²) in [4.78, 5) is 27.7. The molecule has 1 amide bonds. The highest BCUT2D eigenvalue weighted by molar-refractivity contribution is 6.31. The summed E-state index contributed by atoms with van der Waals surface area (Å²) in [5.74, 6) is -1.14. The lowest BCUT2D eigenvalue weighted by Gasteiger charge is -2.20. The molecule has 3 aromatic rings. The summed E-state index contributed by atoms with van der Waals surface area (Å²) in [7, 11) is 0. The summed E-state index contributed by atoms with van der Waals surface area (Å²) in [5, 5.41) is 12.1. The molecule has 0 aliphatic heterocycles. The third kappa shape index (κ3) is 4.00. The van der Waals surface area contributed by atoms with Crippen molar-refractivity contribution < 1.29 is 19.4 Å². The minimum absolute atomic E-state index is 0.0782. The lowest BCUT2D eigenvalue weighted by Crippen LogP contribution is -2.32. The highest BCUT2D eigenvalue weighted by Gasteiger charge is 2.29. The topological polar surface area (TPSA) is 88.5 Å². The normalized spacial score (nSPS) is 13.2. The van der Waals surface area contributed by atoms with Gasteiger partial charge in [0.25, 0.3) is 0 Å². The zero-order valence-corrected chi connectivity index (χ0v) is 16.7. The fourth-order valence-electron chi connectivity index (χ4n) is 3.86. The number of halogens is 1. The number of hydrogen-bond donors (Lipinski definition) is 2. The molecule has 0 radical (unpaired) electrons. The Bertz CT molecular complexity index is 1060. The zero-order valence-electron chi connectivity index (χ0n) is 15.9. The number of amides is 1. The van der Waals surface area contributed by atoms with Crippen molar-refractivity contribution in [3.63, 3.8) is 0 Å². The smallest absolute Gasteiger partial charge is 0.407 e. The summed E-state index contributed by atoms with van der Waals surface area (Å²) in [5.41, 5.74) is 4.95. The van der Waals surface area contributed by atoms with Gasteiger partial charge in [-0.15, -0.1) is 0 Å². The number of ether oxygens (including phenoxy) is 1. The van der Waals surface area contributed by atoms with Crippen LogP contribution in [-0.2, 0) is 9.53 Å².